The number of anilines is 1. The molecule has 0 saturated carbocycles. The molecule has 0 radical (unpaired) electrons. The number of nitrogens with one attached hydrogen (secondary N) is 1. The highest BCUT2D eigenvalue weighted by Crippen LogP contribution is 2.10. The molecule has 3 heteroatoms. The van der Waals surface area contributed by atoms with Crippen LogP contribution in [0.15, 0.2) is 30.3 Å². The summed E-state index contributed by atoms with van der Waals surface area (Å²) in [6.45, 7) is 2.94. The molecule has 0 aromatic heterocycles. The molecule has 1 rings (SSSR count). The summed E-state index contributed by atoms with van der Waals surface area (Å²) in [7, 11) is 0. The quantitative estimate of drug-likeness (QED) is 0.682. The number of hydrogen-bond acceptors (Lipinski definition) is 3. The summed E-state index contributed by atoms with van der Waals surface area (Å²) in [5.41, 5.74) is 3.17. The average molecular weight is 180 g/mol. The molecule has 0 aliphatic carbocycles. The van der Waals surface area contributed by atoms with Gasteiger partial charge in [-0.25, -0.2) is 0 Å². The molecular weight excluding hydrogens is 164 g/mol. The number of rotatable bonds is 5. The highest BCUT2D eigenvalue weighted by Gasteiger charge is 2.01. The minimum absolute atomic E-state index is 0.816. The van der Waals surface area contributed by atoms with Gasteiger partial charge >= 0.3 is 0 Å². The third-order valence-electron chi connectivity index (χ3n) is 1.92. The van der Waals surface area contributed by atoms with Crippen LogP contribution >= 0.6 is 0 Å². The lowest BCUT2D eigenvalue weighted by atomic mass is 10.3. The minimum Gasteiger partial charge on any atom is -0.297 e. The first kappa shape index (κ1) is 10.0. The topological polar surface area (TPSA) is 35.5 Å². The zero-order valence-corrected chi connectivity index (χ0v) is 7.90. The molecular formula is C10H16N2O. The van der Waals surface area contributed by atoms with Gasteiger partial charge in [0, 0.05) is 6.54 Å². The standard InChI is InChI=1S/C10H16N2O/c1-2-3-9-12(11-13)10-7-5-4-6-8-10/h4-8,11,13H,2-3,9H2,1H3. The summed E-state index contributed by atoms with van der Waals surface area (Å²) in [5, 5.41) is 10.6. The average Bonchev–Trinajstić information content (AvgIpc) is 2.21. The van der Waals surface area contributed by atoms with Gasteiger partial charge in [-0.15, -0.1) is 5.59 Å². The molecule has 0 saturated heterocycles. The molecule has 0 amide bonds. The van der Waals surface area contributed by atoms with E-state index in [0.717, 1.165) is 25.1 Å². The minimum atomic E-state index is 0.816. The van der Waals surface area contributed by atoms with E-state index in [1.54, 1.807) is 5.01 Å². The van der Waals surface area contributed by atoms with Gasteiger partial charge in [-0.3, -0.25) is 10.2 Å². The van der Waals surface area contributed by atoms with Gasteiger partial charge in [0.05, 0.1) is 5.69 Å². The molecule has 0 aliphatic rings. The maximum atomic E-state index is 8.88. The largest absolute Gasteiger partial charge is 0.297 e. The molecule has 0 fully saturated rings. The Kier molecular flexibility index (Phi) is 4.29. The SMILES string of the molecule is CCCCN(NO)c1ccccc1. The number of unbranched alkanes of at least 4 members (excludes halogenated alkanes) is 1. The van der Waals surface area contributed by atoms with E-state index in [-0.39, 0.29) is 0 Å². The smallest absolute Gasteiger partial charge is 0.0541 e. The highest BCUT2D eigenvalue weighted by molar-refractivity contribution is 5.44. The van der Waals surface area contributed by atoms with Gasteiger partial charge in [0.15, 0.2) is 0 Å². The highest BCUT2D eigenvalue weighted by atomic mass is 16.5. The monoisotopic (exact) mass is 180 g/mol. The third-order valence-corrected chi connectivity index (χ3v) is 1.92. The molecule has 0 spiro atoms. The van der Waals surface area contributed by atoms with Gasteiger partial charge in [0.2, 0.25) is 0 Å². The van der Waals surface area contributed by atoms with E-state index in [1.165, 1.54) is 0 Å². The second-order valence-corrected chi connectivity index (χ2v) is 2.94. The van der Waals surface area contributed by atoms with Crippen LogP contribution in [0, 0.1) is 0 Å². The fourth-order valence-electron chi connectivity index (χ4n) is 1.16. The Bertz CT molecular complexity index is 226. The molecule has 0 heterocycles. The second-order valence-electron chi connectivity index (χ2n) is 2.94. The first-order chi connectivity index (χ1) is 6.38. The van der Waals surface area contributed by atoms with Gasteiger partial charge in [-0.05, 0) is 18.6 Å². The number of hydrogen-bond donors (Lipinski definition) is 2. The maximum Gasteiger partial charge on any atom is 0.0541 e. The van der Waals surface area contributed by atoms with Crippen molar-refractivity contribution in [3.63, 3.8) is 0 Å². The van der Waals surface area contributed by atoms with E-state index < -0.39 is 0 Å². The molecule has 0 atom stereocenters. The van der Waals surface area contributed by atoms with Crippen LogP contribution in [0.2, 0.25) is 0 Å². The second kappa shape index (κ2) is 5.56. The van der Waals surface area contributed by atoms with E-state index in [4.69, 9.17) is 5.21 Å². The van der Waals surface area contributed by atoms with Crippen LogP contribution in [-0.4, -0.2) is 11.8 Å². The van der Waals surface area contributed by atoms with E-state index in [2.05, 4.69) is 12.5 Å². The maximum absolute atomic E-state index is 8.88. The molecule has 13 heavy (non-hydrogen) atoms. The third kappa shape index (κ3) is 3.05. The van der Waals surface area contributed by atoms with Crippen LogP contribution in [-0.2, 0) is 0 Å². The molecule has 0 bridgehead atoms. The van der Waals surface area contributed by atoms with Crippen molar-refractivity contribution in [1.82, 2.24) is 5.59 Å². The van der Waals surface area contributed by atoms with Gasteiger partial charge in [0.25, 0.3) is 0 Å². The summed E-state index contributed by atoms with van der Waals surface area (Å²) in [6, 6.07) is 9.77. The Morgan fingerprint density at radius 1 is 1.31 bits per heavy atom. The summed E-state index contributed by atoms with van der Waals surface area (Å²) < 4.78 is 0. The Balaban J connectivity index is 2.56. The number of hydrazine groups is 1. The number of benzene rings is 1. The normalized spacial score (nSPS) is 10.0. The van der Waals surface area contributed by atoms with E-state index in [9.17, 15) is 0 Å². The molecule has 3 nitrogen and oxygen atoms in total. The predicted molar refractivity (Wildman–Crippen MR) is 53.6 cm³/mol. The van der Waals surface area contributed by atoms with E-state index in [1.807, 2.05) is 30.3 Å². The van der Waals surface area contributed by atoms with Crippen LogP contribution in [0.1, 0.15) is 19.8 Å². The first-order valence-corrected chi connectivity index (χ1v) is 4.60. The van der Waals surface area contributed by atoms with Gasteiger partial charge in [0.1, 0.15) is 0 Å². The van der Waals surface area contributed by atoms with Crippen LogP contribution in [0.5, 0.6) is 0 Å². The molecule has 2 N–H and O–H groups in total. The first-order valence-electron chi connectivity index (χ1n) is 4.60. The Morgan fingerprint density at radius 2 is 2.00 bits per heavy atom. The van der Waals surface area contributed by atoms with Crippen molar-refractivity contribution < 1.29 is 5.21 Å². The fourth-order valence-corrected chi connectivity index (χ4v) is 1.16. The van der Waals surface area contributed by atoms with Crippen molar-refractivity contribution in [2.75, 3.05) is 11.6 Å². The molecule has 1 aromatic carbocycles. The van der Waals surface area contributed by atoms with Gasteiger partial charge in [-0.2, -0.15) is 0 Å². The Morgan fingerprint density at radius 3 is 2.54 bits per heavy atom. The molecule has 72 valence electrons. The van der Waals surface area contributed by atoms with Gasteiger partial charge in [-0.1, -0.05) is 31.5 Å². The van der Waals surface area contributed by atoms with Crippen molar-refractivity contribution in [3.05, 3.63) is 30.3 Å². The summed E-state index contributed by atoms with van der Waals surface area (Å²) in [6.07, 6.45) is 2.17. The zero-order valence-electron chi connectivity index (χ0n) is 7.90. The van der Waals surface area contributed by atoms with Gasteiger partial charge < -0.3 is 0 Å². The zero-order chi connectivity index (χ0) is 9.52. The van der Waals surface area contributed by atoms with E-state index >= 15 is 0 Å². The Labute approximate surface area is 78.9 Å². The van der Waals surface area contributed by atoms with Crippen molar-refractivity contribution in [2.45, 2.75) is 19.8 Å². The molecule has 0 unspecified atom stereocenters. The van der Waals surface area contributed by atoms with Crippen LogP contribution in [0.4, 0.5) is 5.69 Å². The van der Waals surface area contributed by atoms with Crippen molar-refractivity contribution in [3.8, 4) is 0 Å². The van der Waals surface area contributed by atoms with Crippen molar-refractivity contribution >= 4 is 5.69 Å². The molecule has 1 aromatic rings. The lowest BCUT2D eigenvalue weighted by Gasteiger charge is -2.21. The number of nitrogens with zero attached hydrogens (tertiary/aromatic N) is 1. The number of para-hydroxylation sites is 1. The summed E-state index contributed by atoms with van der Waals surface area (Å²) in [5.74, 6) is 0. The predicted octanol–water partition coefficient (Wildman–Crippen LogP) is 2.19. The molecule has 0 aliphatic heterocycles. The Hall–Kier alpha value is -1.06. The fraction of sp³-hybridized carbons (Fsp3) is 0.400. The summed E-state index contributed by atoms with van der Waals surface area (Å²) in [4.78, 5) is 0. The van der Waals surface area contributed by atoms with Crippen LogP contribution in [0.3, 0.4) is 0 Å². The lowest BCUT2D eigenvalue weighted by Crippen LogP contribution is -2.36. The van der Waals surface area contributed by atoms with Crippen molar-refractivity contribution in [2.24, 2.45) is 0 Å². The van der Waals surface area contributed by atoms with Crippen LogP contribution < -0.4 is 10.6 Å². The van der Waals surface area contributed by atoms with Crippen LogP contribution in [0.25, 0.3) is 0 Å². The van der Waals surface area contributed by atoms with E-state index in [0.29, 0.717) is 0 Å². The summed E-state index contributed by atoms with van der Waals surface area (Å²) >= 11 is 0. The lowest BCUT2D eigenvalue weighted by molar-refractivity contribution is 0.153. The van der Waals surface area contributed by atoms with Crippen molar-refractivity contribution in [1.29, 1.82) is 0 Å².